The van der Waals surface area contributed by atoms with Gasteiger partial charge in [-0.05, 0) is 63.2 Å². The summed E-state index contributed by atoms with van der Waals surface area (Å²) in [5, 5.41) is 8.41. The van der Waals surface area contributed by atoms with Gasteiger partial charge in [0.1, 0.15) is 11.6 Å². The Hall–Kier alpha value is -3.10. The zero-order valence-electron chi connectivity index (χ0n) is 22.0. The number of carbonyl (C=O) groups excluding carboxylic acids is 1. The Morgan fingerprint density at radius 1 is 1.14 bits per heavy atom. The fourth-order valence-electron chi connectivity index (χ4n) is 4.70. The van der Waals surface area contributed by atoms with Gasteiger partial charge in [-0.3, -0.25) is 0 Å². The molecule has 7 nitrogen and oxygen atoms in total. The summed E-state index contributed by atoms with van der Waals surface area (Å²) in [6.45, 7) is 13.2. The van der Waals surface area contributed by atoms with E-state index in [9.17, 15) is 9.18 Å². The molecule has 1 aliphatic rings. The number of nitrogens with zero attached hydrogens (tertiary/aromatic N) is 5. The lowest BCUT2D eigenvalue weighted by atomic mass is 10.1. The third kappa shape index (κ3) is 6.25. The Morgan fingerprint density at radius 2 is 1.86 bits per heavy atom. The Labute approximate surface area is 223 Å². The monoisotopic (exact) mass is 526 g/mol. The van der Waals surface area contributed by atoms with Crippen molar-refractivity contribution in [2.45, 2.75) is 46.7 Å². The number of nitrogens with one attached hydrogen (secondary N) is 1. The standard InChI is InChI=1S/C28H36ClFN6O/c1-5-20(3)35(28(37)31-24-11-7-9-22(29)17-24)19-26-21(4)32-36(25-12-8-10-23(30)18-25)27(26)34-15-13-33(6-2)14-16-34/h7-12,17-18,20H,5-6,13-16,19H2,1-4H3,(H,31,37)/t20-/m0/s1. The SMILES string of the molecule is CC[C@H](C)N(Cc1c(C)nn(-c2cccc(F)c2)c1N1CCN(CC)CC1)C(=O)Nc1cccc(Cl)c1. The van der Waals surface area contributed by atoms with Crippen molar-refractivity contribution >= 4 is 29.1 Å². The van der Waals surface area contributed by atoms with Crippen molar-refractivity contribution in [3.8, 4) is 5.69 Å². The molecule has 1 atom stereocenters. The van der Waals surface area contributed by atoms with Gasteiger partial charge >= 0.3 is 6.03 Å². The van der Waals surface area contributed by atoms with E-state index < -0.39 is 0 Å². The minimum atomic E-state index is -0.309. The van der Waals surface area contributed by atoms with Crippen LogP contribution in [0.1, 0.15) is 38.4 Å². The number of benzene rings is 2. The van der Waals surface area contributed by atoms with Crippen LogP contribution >= 0.6 is 11.6 Å². The minimum absolute atomic E-state index is 0.0131. The Balaban J connectivity index is 1.72. The van der Waals surface area contributed by atoms with Crippen molar-refractivity contribution in [3.05, 3.63) is 70.6 Å². The molecule has 9 heteroatoms. The minimum Gasteiger partial charge on any atom is -0.354 e. The molecule has 1 aliphatic heterocycles. The van der Waals surface area contributed by atoms with Crippen molar-refractivity contribution in [1.82, 2.24) is 19.6 Å². The molecule has 1 fully saturated rings. The number of hydrogen-bond donors (Lipinski definition) is 1. The van der Waals surface area contributed by atoms with E-state index in [-0.39, 0.29) is 17.9 Å². The second kappa shape index (κ2) is 12.0. The number of likely N-dealkylation sites (N-methyl/N-ethyl adjacent to an activating group) is 1. The van der Waals surface area contributed by atoms with Crippen LogP contribution in [0.2, 0.25) is 5.02 Å². The first-order valence-corrected chi connectivity index (χ1v) is 13.3. The number of rotatable bonds is 8. The van der Waals surface area contributed by atoms with Gasteiger partial charge in [-0.1, -0.05) is 37.6 Å². The summed E-state index contributed by atoms with van der Waals surface area (Å²) in [7, 11) is 0. The highest BCUT2D eigenvalue weighted by Gasteiger charge is 2.29. The van der Waals surface area contributed by atoms with Gasteiger partial charge < -0.3 is 20.0 Å². The van der Waals surface area contributed by atoms with Crippen LogP contribution in [0.4, 0.5) is 20.7 Å². The molecule has 3 aromatic rings. The van der Waals surface area contributed by atoms with Crippen LogP contribution in [0.25, 0.3) is 5.69 Å². The molecule has 0 unspecified atom stereocenters. The van der Waals surface area contributed by atoms with E-state index in [1.807, 2.05) is 41.6 Å². The number of hydrogen-bond acceptors (Lipinski definition) is 4. The van der Waals surface area contributed by atoms with Crippen LogP contribution in [0.3, 0.4) is 0 Å². The molecule has 1 saturated heterocycles. The Bertz CT molecular complexity index is 1220. The summed E-state index contributed by atoms with van der Waals surface area (Å²) in [6, 6.07) is 13.4. The summed E-state index contributed by atoms with van der Waals surface area (Å²) in [6.07, 6.45) is 0.796. The lowest BCUT2D eigenvalue weighted by Gasteiger charge is -2.37. The van der Waals surface area contributed by atoms with Crippen LogP contribution in [0.15, 0.2) is 48.5 Å². The molecule has 1 aromatic heterocycles. The van der Waals surface area contributed by atoms with Crippen LogP contribution in [-0.2, 0) is 6.54 Å². The predicted octanol–water partition coefficient (Wildman–Crippen LogP) is 5.95. The van der Waals surface area contributed by atoms with E-state index in [2.05, 4.69) is 29.0 Å². The maximum Gasteiger partial charge on any atom is 0.322 e. The number of anilines is 2. The summed E-state index contributed by atoms with van der Waals surface area (Å²) >= 11 is 6.14. The lowest BCUT2D eigenvalue weighted by Crippen LogP contribution is -2.47. The van der Waals surface area contributed by atoms with E-state index in [0.717, 1.165) is 56.2 Å². The Morgan fingerprint density at radius 3 is 2.51 bits per heavy atom. The molecule has 0 bridgehead atoms. The quantitative estimate of drug-likeness (QED) is 0.394. The molecule has 1 N–H and O–H groups in total. The van der Waals surface area contributed by atoms with E-state index >= 15 is 0 Å². The van der Waals surface area contributed by atoms with E-state index in [1.165, 1.54) is 12.1 Å². The largest absolute Gasteiger partial charge is 0.354 e. The van der Waals surface area contributed by atoms with Crippen molar-refractivity contribution < 1.29 is 9.18 Å². The first-order chi connectivity index (χ1) is 17.8. The van der Waals surface area contributed by atoms with Gasteiger partial charge in [0.15, 0.2) is 0 Å². The number of halogens is 2. The predicted molar refractivity (Wildman–Crippen MR) is 148 cm³/mol. The molecule has 198 valence electrons. The topological polar surface area (TPSA) is 56.6 Å². The van der Waals surface area contributed by atoms with Crippen molar-refractivity contribution in [2.75, 3.05) is 42.9 Å². The highest BCUT2D eigenvalue weighted by Crippen LogP contribution is 2.31. The molecule has 4 rings (SSSR count). The van der Waals surface area contributed by atoms with E-state index in [4.69, 9.17) is 16.7 Å². The number of piperazine rings is 1. The van der Waals surface area contributed by atoms with Crippen molar-refractivity contribution in [1.29, 1.82) is 0 Å². The molecular formula is C28H36ClFN6O. The van der Waals surface area contributed by atoms with E-state index in [1.54, 1.807) is 18.2 Å². The van der Waals surface area contributed by atoms with Crippen LogP contribution < -0.4 is 10.2 Å². The molecular weight excluding hydrogens is 491 g/mol. The highest BCUT2D eigenvalue weighted by atomic mass is 35.5. The van der Waals surface area contributed by atoms with Gasteiger partial charge in [0, 0.05) is 48.5 Å². The van der Waals surface area contributed by atoms with Crippen LogP contribution in [-0.4, -0.2) is 64.4 Å². The number of urea groups is 1. The van der Waals surface area contributed by atoms with Crippen LogP contribution in [0, 0.1) is 12.7 Å². The fraction of sp³-hybridized carbons (Fsp3) is 0.429. The molecule has 37 heavy (non-hydrogen) atoms. The van der Waals surface area contributed by atoms with Gasteiger partial charge in [0.25, 0.3) is 0 Å². The molecule has 0 spiro atoms. The van der Waals surface area contributed by atoms with Crippen molar-refractivity contribution in [3.63, 3.8) is 0 Å². The lowest BCUT2D eigenvalue weighted by molar-refractivity contribution is 0.187. The van der Waals surface area contributed by atoms with Gasteiger partial charge in [-0.25, -0.2) is 13.9 Å². The van der Waals surface area contributed by atoms with Crippen LogP contribution in [0.5, 0.6) is 0 Å². The highest BCUT2D eigenvalue weighted by molar-refractivity contribution is 6.30. The zero-order chi connectivity index (χ0) is 26.5. The molecule has 2 aromatic carbocycles. The first kappa shape index (κ1) is 26.9. The molecule has 2 heterocycles. The summed E-state index contributed by atoms with van der Waals surface area (Å²) in [5.41, 5.74) is 3.10. The maximum absolute atomic E-state index is 14.2. The summed E-state index contributed by atoms with van der Waals surface area (Å²) < 4.78 is 16.0. The second-order valence-electron chi connectivity index (χ2n) is 9.53. The van der Waals surface area contributed by atoms with E-state index in [0.29, 0.717) is 22.9 Å². The van der Waals surface area contributed by atoms with Gasteiger partial charge in [-0.2, -0.15) is 5.10 Å². The molecule has 2 amide bonds. The number of carbonyl (C=O) groups is 1. The third-order valence-electron chi connectivity index (χ3n) is 7.12. The number of aryl methyl sites for hydroxylation is 1. The normalized spacial score (nSPS) is 15.0. The second-order valence-corrected chi connectivity index (χ2v) is 9.96. The Kier molecular flexibility index (Phi) is 8.71. The number of amides is 2. The molecule has 0 saturated carbocycles. The fourth-order valence-corrected chi connectivity index (χ4v) is 4.89. The zero-order valence-corrected chi connectivity index (χ0v) is 22.8. The van der Waals surface area contributed by atoms with Gasteiger partial charge in [0.2, 0.25) is 0 Å². The summed E-state index contributed by atoms with van der Waals surface area (Å²) in [5.74, 6) is 0.610. The third-order valence-corrected chi connectivity index (χ3v) is 7.35. The average Bonchev–Trinajstić information content (AvgIpc) is 3.22. The summed E-state index contributed by atoms with van der Waals surface area (Å²) in [4.78, 5) is 20.1. The molecule has 0 aliphatic carbocycles. The molecule has 0 radical (unpaired) electrons. The number of aromatic nitrogens is 2. The van der Waals surface area contributed by atoms with Crippen molar-refractivity contribution in [2.24, 2.45) is 0 Å². The maximum atomic E-state index is 14.2. The van der Waals surface area contributed by atoms with Gasteiger partial charge in [0.05, 0.1) is 17.9 Å². The smallest absolute Gasteiger partial charge is 0.322 e. The first-order valence-electron chi connectivity index (χ1n) is 13.0. The van der Waals surface area contributed by atoms with Gasteiger partial charge in [-0.15, -0.1) is 0 Å². The average molecular weight is 527 g/mol.